The highest BCUT2D eigenvalue weighted by Crippen LogP contribution is 2.41. The van der Waals surface area contributed by atoms with Crippen LogP contribution in [0.2, 0.25) is 0 Å². The van der Waals surface area contributed by atoms with E-state index in [4.69, 9.17) is 4.74 Å². The number of ether oxygens (including phenoxy) is 1. The van der Waals surface area contributed by atoms with Gasteiger partial charge < -0.3 is 9.84 Å². The summed E-state index contributed by atoms with van der Waals surface area (Å²) in [6.45, 7) is 1.82. The Morgan fingerprint density at radius 2 is 2.03 bits per heavy atom. The average Bonchev–Trinajstić information content (AvgIpc) is 3.19. The number of likely N-dealkylation sites (tertiary alicyclic amines) is 1. The van der Waals surface area contributed by atoms with Crippen LogP contribution in [0.15, 0.2) is 29.8 Å². The number of thiophene rings is 1. The molecule has 1 saturated heterocycles. The zero-order chi connectivity index (χ0) is 24.4. The molecule has 1 aliphatic rings. The summed E-state index contributed by atoms with van der Waals surface area (Å²) in [5.41, 5.74) is -3.08. The molecule has 0 amide bonds. The third-order valence-corrected chi connectivity index (χ3v) is 6.55. The van der Waals surface area contributed by atoms with Crippen LogP contribution in [0, 0.1) is 0 Å². The van der Waals surface area contributed by atoms with Gasteiger partial charge in [0.2, 0.25) is 5.60 Å². The van der Waals surface area contributed by atoms with E-state index in [-0.39, 0.29) is 37.3 Å². The van der Waals surface area contributed by atoms with Gasteiger partial charge in [0.1, 0.15) is 10.6 Å². The lowest BCUT2D eigenvalue weighted by Crippen LogP contribution is -2.63. The highest BCUT2D eigenvalue weighted by atomic mass is 32.1. The van der Waals surface area contributed by atoms with Crippen LogP contribution in [-0.4, -0.2) is 39.1 Å². The summed E-state index contributed by atoms with van der Waals surface area (Å²) >= 11 is 0.387. The summed E-state index contributed by atoms with van der Waals surface area (Å²) in [6, 6.07) is 1.96. The Hall–Kier alpha value is -2.34. The fourth-order valence-electron chi connectivity index (χ4n) is 4.20. The van der Waals surface area contributed by atoms with Crippen molar-refractivity contribution in [2.24, 2.45) is 0 Å². The number of halogens is 6. The molecule has 3 rings (SSSR count). The summed E-state index contributed by atoms with van der Waals surface area (Å²) in [7, 11) is 0. The number of alkyl halides is 6. The standard InChI is InChI=1S/C21H22F6N2O3S/c1-2-5-16-19(18(30)31,32-13-10-17(33-12-13)21(25,26)27)7-4-9-29(16)11-15-14(20(22,23)24)6-3-8-28-15/h3,6,8,10,12,16H,2,4-5,7,9,11H2,1H3,(H,30,31). The summed E-state index contributed by atoms with van der Waals surface area (Å²) in [5, 5.41) is 11.2. The molecule has 1 aliphatic heterocycles. The first-order chi connectivity index (χ1) is 15.4. The second-order valence-electron chi connectivity index (χ2n) is 7.82. The minimum absolute atomic E-state index is 0.00897. The molecule has 0 radical (unpaired) electrons. The van der Waals surface area contributed by atoms with Crippen LogP contribution < -0.4 is 4.74 Å². The Kier molecular flexibility index (Phi) is 7.27. The van der Waals surface area contributed by atoms with E-state index < -0.39 is 40.4 Å². The van der Waals surface area contributed by atoms with Crippen LogP contribution in [0.25, 0.3) is 0 Å². The SMILES string of the molecule is CCCC1N(Cc2ncccc2C(F)(F)F)CCCC1(Oc1csc(C(F)(F)F)c1)C(=O)O. The molecule has 2 aromatic heterocycles. The molecule has 2 unspecified atom stereocenters. The zero-order valence-corrected chi connectivity index (χ0v) is 18.4. The number of carbonyl (C=O) groups is 1. The molecule has 0 aromatic carbocycles. The summed E-state index contributed by atoms with van der Waals surface area (Å²) in [4.78, 5) is 16.9. The predicted octanol–water partition coefficient (Wildman–Crippen LogP) is 5.85. The van der Waals surface area contributed by atoms with Crippen LogP contribution in [0.4, 0.5) is 26.3 Å². The minimum atomic E-state index is -4.63. The van der Waals surface area contributed by atoms with Crippen molar-refractivity contribution < 1.29 is 41.0 Å². The van der Waals surface area contributed by atoms with Gasteiger partial charge in [0.25, 0.3) is 0 Å². The van der Waals surface area contributed by atoms with Gasteiger partial charge >= 0.3 is 18.3 Å². The largest absolute Gasteiger partial charge is 0.478 e. The van der Waals surface area contributed by atoms with E-state index in [2.05, 4.69) is 4.98 Å². The lowest BCUT2D eigenvalue weighted by Gasteiger charge is -2.47. The highest BCUT2D eigenvalue weighted by Gasteiger charge is 2.53. The normalized spacial score (nSPS) is 22.3. The van der Waals surface area contributed by atoms with Gasteiger partial charge in [0.15, 0.2) is 0 Å². The fraction of sp³-hybridized carbons (Fsp3) is 0.524. The van der Waals surface area contributed by atoms with Crippen molar-refractivity contribution in [3.8, 4) is 5.75 Å². The third kappa shape index (κ3) is 5.43. The van der Waals surface area contributed by atoms with Crippen molar-refractivity contribution in [1.82, 2.24) is 9.88 Å². The average molecular weight is 496 g/mol. The van der Waals surface area contributed by atoms with Gasteiger partial charge in [-0.2, -0.15) is 26.3 Å². The lowest BCUT2D eigenvalue weighted by molar-refractivity contribution is -0.169. The number of hydrogen-bond acceptors (Lipinski definition) is 5. The van der Waals surface area contributed by atoms with E-state index in [1.807, 2.05) is 0 Å². The van der Waals surface area contributed by atoms with E-state index in [0.29, 0.717) is 24.3 Å². The number of rotatable bonds is 7. The van der Waals surface area contributed by atoms with E-state index in [9.17, 15) is 36.2 Å². The van der Waals surface area contributed by atoms with Crippen LogP contribution >= 0.6 is 11.3 Å². The van der Waals surface area contributed by atoms with Gasteiger partial charge in [-0.3, -0.25) is 9.88 Å². The number of aromatic nitrogens is 1. The first-order valence-electron chi connectivity index (χ1n) is 10.2. The molecular formula is C21H22F6N2O3S. The maximum absolute atomic E-state index is 13.4. The first kappa shape index (κ1) is 25.3. The smallest absolute Gasteiger partial charge is 0.425 e. The Morgan fingerprint density at radius 1 is 1.30 bits per heavy atom. The monoisotopic (exact) mass is 496 g/mol. The third-order valence-electron chi connectivity index (χ3n) is 5.60. The number of nitrogens with zero attached hydrogens (tertiary/aromatic N) is 2. The summed E-state index contributed by atoms with van der Waals surface area (Å²) in [5.74, 6) is -1.60. The van der Waals surface area contributed by atoms with Gasteiger partial charge in [-0.25, -0.2) is 4.79 Å². The Balaban J connectivity index is 1.96. The Labute approximate surface area is 190 Å². The van der Waals surface area contributed by atoms with E-state index in [0.717, 1.165) is 17.5 Å². The van der Waals surface area contributed by atoms with Crippen molar-refractivity contribution in [3.05, 3.63) is 45.9 Å². The topological polar surface area (TPSA) is 62.7 Å². The molecule has 3 heterocycles. The van der Waals surface area contributed by atoms with Crippen molar-refractivity contribution >= 4 is 17.3 Å². The predicted molar refractivity (Wildman–Crippen MR) is 108 cm³/mol. The molecule has 2 aromatic rings. The molecule has 33 heavy (non-hydrogen) atoms. The molecule has 0 spiro atoms. The van der Waals surface area contributed by atoms with Gasteiger partial charge in [-0.15, -0.1) is 11.3 Å². The van der Waals surface area contributed by atoms with Gasteiger partial charge in [-0.05, 0) is 31.5 Å². The molecule has 5 nitrogen and oxygen atoms in total. The maximum atomic E-state index is 13.4. The number of piperidine rings is 1. The molecule has 12 heteroatoms. The molecule has 0 bridgehead atoms. The van der Waals surface area contributed by atoms with E-state index in [1.165, 1.54) is 12.3 Å². The van der Waals surface area contributed by atoms with Gasteiger partial charge in [0.05, 0.1) is 17.3 Å². The van der Waals surface area contributed by atoms with Crippen molar-refractivity contribution in [3.63, 3.8) is 0 Å². The molecule has 2 atom stereocenters. The van der Waals surface area contributed by atoms with Crippen LogP contribution in [0.5, 0.6) is 5.75 Å². The number of aliphatic carboxylic acids is 1. The van der Waals surface area contributed by atoms with Gasteiger partial charge in [0, 0.05) is 30.6 Å². The molecule has 1 fully saturated rings. The van der Waals surface area contributed by atoms with Crippen molar-refractivity contribution in [1.29, 1.82) is 0 Å². The number of carboxylic acid groups (broad SMARTS) is 1. The summed E-state index contributed by atoms with van der Waals surface area (Å²) < 4.78 is 85.1. The van der Waals surface area contributed by atoms with Crippen LogP contribution in [0.1, 0.15) is 48.7 Å². The number of hydrogen-bond donors (Lipinski definition) is 1. The first-order valence-corrected chi connectivity index (χ1v) is 11.1. The van der Waals surface area contributed by atoms with Crippen LogP contribution in [0.3, 0.4) is 0 Å². The zero-order valence-electron chi connectivity index (χ0n) is 17.5. The molecular weight excluding hydrogens is 474 g/mol. The van der Waals surface area contributed by atoms with E-state index >= 15 is 0 Å². The van der Waals surface area contributed by atoms with Crippen molar-refractivity contribution in [2.45, 2.75) is 63.1 Å². The van der Waals surface area contributed by atoms with Crippen molar-refractivity contribution in [2.75, 3.05) is 6.54 Å². The molecule has 0 aliphatic carbocycles. The quantitative estimate of drug-likeness (QED) is 0.488. The van der Waals surface area contributed by atoms with Gasteiger partial charge in [-0.1, -0.05) is 13.3 Å². The minimum Gasteiger partial charge on any atom is -0.478 e. The Bertz CT molecular complexity index is 977. The Morgan fingerprint density at radius 3 is 2.61 bits per heavy atom. The van der Waals surface area contributed by atoms with E-state index in [1.54, 1.807) is 11.8 Å². The second-order valence-corrected chi connectivity index (χ2v) is 8.73. The number of pyridine rings is 1. The second kappa shape index (κ2) is 9.49. The molecule has 182 valence electrons. The van der Waals surface area contributed by atoms with Crippen LogP contribution in [-0.2, 0) is 23.7 Å². The lowest BCUT2D eigenvalue weighted by atomic mass is 9.81. The fourth-order valence-corrected chi connectivity index (χ4v) is 4.88. The number of carboxylic acids is 1. The molecule has 1 N–H and O–H groups in total. The maximum Gasteiger partial charge on any atom is 0.425 e. The highest BCUT2D eigenvalue weighted by molar-refractivity contribution is 7.10. The summed E-state index contributed by atoms with van der Waals surface area (Å²) in [6.07, 6.45) is -6.97. The molecule has 0 saturated carbocycles.